The molecule has 4 nitrogen and oxygen atoms in total. The number of anilines is 2. The van der Waals surface area contributed by atoms with Gasteiger partial charge in [0.25, 0.3) is 5.91 Å². The number of carbonyl (C=O) groups is 1. The highest BCUT2D eigenvalue weighted by Crippen LogP contribution is 2.22. The molecule has 0 bridgehead atoms. The standard InChI is InChI=1S/C16H16ClN3O/c17-15-14(4-3-9-18-15)16(21)19-12-5-7-13(8-6-12)20-10-1-2-11-20/h3-9H,1-2,10-11H2,(H,19,21). The number of pyridine rings is 1. The fourth-order valence-corrected chi connectivity index (χ4v) is 2.69. The van der Waals surface area contributed by atoms with Crippen LogP contribution in [0.15, 0.2) is 42.6 Å². The minimum atomic E-state index is -0.248. The van der Waals surface area contributed by atoms with Crippen molar-refractivity contribution in [1.29, 1.82) is 0 Å². The number of nitrogens with one attached hydrogen (secondary N) is 1. The topological polar surface area (TPSA) is 45.2 Å². The summed E-state index contributed by atoms with van der Waals surface area (Å²) in [6.07, 6.45) is 4.06. The molecule has 1 N–H and O–H groups in total. The normalized spacial score (nSPS) is 14.2. The van der Waals surface area contributed by atoms with Gasteiger partial charge >= 0.3 is 0 Å². The van der Waals surface area contributed by atoms with Crippen molar-refractivity contribution in [2.24, 2.45) is 0 Å². The highest BCUT2D eigenvalue weighted by atomic mass is 35.5. The van der Waals surface area contributed by atoms with E-state index >= 15 is 0 Å². The first kappa shape index (κ1) is 13.9. The Kier molecular flexibility index (Phi) is 4.06. The van der Waals surface area contributed by atoms with Crippen LogP contribution in [0.3, 0.4) is 0 Å². The van der Waals surface area contributed by atoms with E-state index in [2.05, 4.69) is 15.2 Å². The molecule has 1 aromatic heterocycles. The summed E-state index contributed by atoms with van der Waals surface area (Å²) in [4.78, 5) is 18.4. The zero-order chi connectivity index (χ0) is 14.7. The van der Waals surface area contributed by atoms with Gasteiger partial charge in [-0.3, -0.25) is 4.79 Å². The molecule has 0 saturated carbocycles. The Morgan fingerprint density at radius 1 is 1.14 bits per heavy atom. The van der Waals surface area contributed by atoms with Gasteiger partial charge in [0.05, 0.1) is 5.56 Å². The smallest absolute Gasteiger partial charge is 0.258 e. The van der Waals surface area contributed by atoms with Crippen LogP contribution in [0.5, 0.6) is 0 Å². The Morgan fingerprint density at radius 2 is 1.86 bits per heavy atom. The van der Waals surface area contributed by atoms with Crippen LogP contribution < -0.4 is 10.2 Å². The molecule has 0 aliphatic carbocycles. The van der Waals surface area contributed by atoms with Crippen LogP contribution >= 0.6 is 11.6 Å². The molecule has 1 fully saturated rings. The molecule has 1 aliphatic rings. The Morgan fingerprint density at radius 3 is 2.52 bits per heavy atom. The average Bonchev–Trinajstić information content (AvgIpc) is 3.02. The molecule has 108 valence electrons. The van der Waals surface area contributed by atoms with Crippen LogP contribution in [0.1, 0.15) is 23.2 Å². The number of carbonyl (C=O) groups excluding carboxylic acids is 1. The van der Waals surface area contributed by atoms with E-state index in [1.54, 1.807) is 18.3 Å². The quantitative estimate of drug-likeness (QED) is 0.881. The molecule has 0 spiro atoms. The lowest BCUT2D eigenvalue weighted by atomic mass is 10.2. The molecule has 0 atom stereocenters. The third-order valence-electron chi connectivity index (χ3n) is 3.60. The van der Waals surface area contributed by atoms with E-state index < -0.39 is 0 Å². The van der Waals surface area contributed by atoms with Crippen LogP contribution in [0.4, 0.5) is 11.4 Å². The molecule has 0 radical (unpaired) electrons. The lowest BCUT2D eigenvalue weighted by Gasteiger charge is -2.17. The number of halogens is 1. The van der Waals surface area contributed by atoms with Gasteiger partial charge in [0.1, 0.15) is 5.15 Å². The van der Waals surface area contributed by atoms with Gasteiger partial charge in [0.2, 0.25) is 0 Å². The number of aromatic nitrogens is 1. The maximum Gasteiger partial charge on any atom is 0.258 e. The number of hydrogen-bond donors (Lipinski definition) is 1. The van der Waals surface area contributed by atoms with Gasteiger partial charge in [-0.05, 0) is 49.2 Å². The van der Waals surface area contributed by atoms with E-state index in [0.717, 1.165) is 18.8 Å². The van der Waals surface area contributed by atoms with Gasteiger partial charge in [-0.25, -0.2) is 4.98 Å². The molecule has 1 amide bonds. The molecule has 0 unspecified atom stereocenters. The van der Waals surface area contributed by atoms with E-state index in [1.165, 1.54) is 18.5 Å². The van der Waals surface area contributed by atoms with Crippen LogP contribution in [-0.4, -0.2) is 24.0 Å². The van der Waals surface area contributed by atoms with Crippen molar-refractivity contribution in [2.45, 2.75) is 12.8 Å². The van der Waals surface area contributed by atoms with Gasteiger partial charge in [0.15, 0.2) is 0 Å². The maximum absolute atomic E-state index is 12.1. The first-order valence-corrected chi connectivity index (χ1v) is 7.39. The fourth-order valence-electron chi connectivity index (χ4n) is 2.48. The Hall–Kier alpha value is -2.07. The maximum atomic E-state index is 12.1. The fraction of sp³-hybridized carbons (Fsp3) is 0.250. The van der Waals surface area contributed by atoms with E-state index in [4.69, 9.17) is 11.6 Å². The first-order chi connectivity index (χ1) is 10.2. The molecule has 5 heteroatoms. The van der Waals surface area contributed by atoms with Crippen molar-refractivity contribution < 1.29 is 4.79 Å². The lowest BCUT2D eigenvalue weighted by molar-refractivity contribution is 0.102. The van der Waals surface area contributed by atoms with Crippen molar-refractivity contribution in [1.82, 2.24) is 4.98 Å². The zero-order valence-corrected chi connectivity index (χ0v) is 12.3. The molecule has 1 aromatic carbocycles. The summed E-state index contributed by atoms with van der Waals surface area (Å²) in [7, 11) is 0. The third-order valence-corrected chi connectivity index (χ3v) is 3.90. The Bertz CT molecular complexity index is 636. The van der Waals surface area contributed by atoms with Crippen LogP contribution in [0, 0.1) is 0 Å². The average molecular weight is 302 g/mol. The van der Waals surface area contributed by atoms with E-state index in [-0.39, 0.29) is 11.1 Å². The Labute approximate surface area is 128 Å². The molecule has 1 saturated heterocycles. The van der Waals surface area contributed by atoms with Crippen molar-refractivity contribution in [3.8, 4) is 0 Å². The zero-order valence-electron chi connectivity index (χ0n) is 11.6. The number of rotatable bonds is 3. The minimum Gasteiger partial charge on any atom is -0.372 e. The van der Waals surface area contributed by atoms with Crippen LogP contribution in [0.2, 0.25) is 5.15 Å². The molecule has 2 aromatic rings. The summed E-state index contributed by atoms with van der Waals surface area (Å²) in [5.41, 5.74) is 2.33. The van der Waals surface area contributed by atoms with Crippen molar-refractivity contribution >= 4 is 28.9 Å². The van der Waals surface area contributed by atoms with Gasteiger partial charge in [-0.2, -0.15) is 0 Å². The second-order valence-electron chi connectivity index (χ2n) is 5.04. The number of hydrogen-bond acceptors (Lipinski definition) is 3. The second-order valence-corrected chi connectivity index (χ2v) is 5.39. The van der Waals surface area contributed by atoms with Crippen LogP contribution in [0.25, 0.3) is 0 Å². The van der Waals surface area contributed by atoms with Crippen molar-refractivity contribution in [3.05, 3.63) is 53.3 Å². The highest BCUT2D eigenvalue weighted by molar-refractivity contribution is 6.33. The SMILES string of the molecule is O=C(Nc1ccc(N2CCCC2)cc1)c1cccnc1Cl. The number of amides is 1. The van der Waals surface area contributed by atoms with E-state index in [1.807, 2.05) is 24.3 Å². The predicted octanol–water partition coefficient (Wildman–Crippen LogP) is 3.59. The summed E-state index contributed by atoms with van der Waals surface area (Å²) < 4.78 is 0. The molecular formula is C16H16ClN3O. The summed E-state index contributed by atoms with van der Waals surface area (Å²) >= 11 is 5.92. The molecule has 2 heterocycles. The monoisotopic (exact) mass is 301 g/mol. The highest BCUT2D eigenvalue weighted by Gasteiger charge is 2.13. The lowest BCUT2D eigenvalue weighted by Crippen LogP contribution is -2.17. The number of benzene rings is 1. The number of nitrogens with zero attached hydrogens (tertiary/aromatic N) is 2. The molecule has 21 heavy (non-hydrogen) atoms. The predicted molar refractivity (Wildman–Crippen MR) is 85.1 cm³/mol. The molecule has 3 rings (SSSR count). The summed E-state index contributed by atoms with van der Waals surface area (Å²) in [5.74, 6) is -0.248. The second kappa shape index (κ2) is 6.14. The van der Waals surface area contributed by atoms with Crippen molar-refractivity contribution in [3.63, 3.8) is 0 Å². The summed E-state index contributed by atoms with van der Waals surface area (Å²) in [6.45, 7) is 2.22. The van der Waals surface area contributed by atoms with Gasteiger partial charge in [-0.1, -0.05) is 11.6 Å². The van der Waals surface area contributed by atoms with E-state index in [0.29, 0.717) is 5.56 Å². The molecular weight excluding hydrogens is 286 g/mol. The molecule has 1 aliphatic heterocycles. The van der Waals surface area contributed by atoms with Crippen molar-refractivity contribution in [2.75, 3.05) is 23.3 Å². The summed E-state index contributed by atoms with van der Waals surface area (Å²) in [6, 6.07) is 11.2. The van der Waals surface area contributed by atoms with Gasteiger partial charge in [-0.15, -0.1) is 0 Å². The van der Waals surface area contributed by atoms with E-state index in [9.17, 15) is 4.79 Å². The summed E-state index contributed by atoms with van der Waals surface area (Å²) in [5, 5.41) is 3.05. The van der Waals surface area contributed by atoms with Gasteiger partial charge in [0, 0.05) is 30.7 Å². The third kappa shape index (κ3) is 3.16. The Balaban J connectivity index is 1.70. The first-order valence-electron chi connectivity index (χ1n) is 7.01. The largest absolute Gasteiger partial charge is 0.372 e. The van der Waals surface area contributed by atoms with Gasteiger partial charge < -0.3 is 10.2 Å². The van der Waals surface area contributed by atoms with Crippen LogP contribution in [-0.2, 0) is 0 Å². The minimum absolute atomic E-state index is 0.212.